The van der Waals surface area contributed by atoms with Crippen LogP contribution in [0.2, 0.25) is 0 Å². The van der Waals surface area contributed by atoms with Crippen molar-refractivity contribution in [1.82, 2.24) is 0 Å². The van der Waals surface area contributed by atoms with Crippen molar-refractivity contribution in [2.45, 2.75) is 9.79 Å². The Hall–Kier alpha value is -2.63. The summed E-state index contributed by atoms with van der Waals surface area (Å²) in [6.45, 7) is 1.41. The Morgan fingerprint density at radius 1 is 0.718 bits per heavy atom. The summed E-state index contributed by atoms with van der Waals surface area (Å²) >= 11 is 0. The van der Waals surface area contributed by atoms with E-state index in [1.165, 1.54) is 20.9 Å². The van der Waals surface area contributed by atoms with E-state index in [9.17, 15) is 50.1 Å². The molecule has 0 amide bonds. The monoisotopic (exact) mass is 638 g/mol. The topological polar surface area (TPSA) is 226 Å². The van der Waals surface area contributed by atoms with Crippen LogP contribution in [0.15, 0.2) is 58.3 Å². The van der Waals surface area contributed by atoms with Gasteiger partial charge < -0.3 is 18.1 Å². The minimum Gasteiger partial charge on any atom is -0.312 e. The summed E-state index contributed by atoms with van der Waals surface area (Å²) in [6.07, 6.45) is 0. The van der Waals surface area contributed by atoms with Gasteiger partial charge in [-0.2, -0.15) is 8.42 Å². The molecular formula is C18H25FN2O14P2S2. The molecule has 0 aromatic heterocycles. The first-order chi connectivity index (χ1) is 17.8. The number of sulfone groups is 1. The van der Waals surface area contributed by atoms with Crippen molar-refractivity contribution < 1.29 is 57.8 Å². The van der Waals surface area contributed by atoms with Gasteiger partial charge in [-0.1, -0.05) is 0 Å². The van der Waals surface area contributed by atoms with Crippen LogP contribution in [-0.4, -0.2) is 67.3 Å². The number of halogens is 1. The fraction of sp³-hybridized carbons (Fsp3) is 0.333. The maximum Gasteiger partial charge on any atom is 0.345 e. The molecule has 0 radical (unpaired) electrons. The van der Waals surface area contributed by atoms with E-state index < -0.39 is 55.5 Å². The maximum atomic E-state index is 12.3. The molecule has 0 fully saturated rings. The summed E-state index contributed by atoms with van der Waals surface area (Å²) < 4.78 is 96.9. The smallest absolute Gasteiger partial charge is 0.312 e. The summed E-state index contributed by atoms with van der Waals surface area (Å²) in [5.41, 5.74) is -1.35. The number of hydrogen-bond acceptors (Lipinski definition) is 14. The van der Waals surface area contributed by atoms with Crippen LogP contribution in [0.1, 0.15) is 0 Å². The normalized spacial score (nSPS) is 11.8. The molecule has 0 heterocycles. The Balaban J connectivity index is 0.000000622. The van der Waals surface area contributed by atoms with Crippen LogP contribution in [0.3, 0.4) is 0 Å². The summed E-state index contributed by atoms with van der Waals surface area (Å²) in [6, 6.07) is 7.78. The third-order valence-electron chi connectivity index (χ3n) is 4.28. The predicted octanol–water partition coefficient (Wildman–Crippen LogP) is 4.17. The molecule has 0 N–H and O–H groups in total. The van der Waals surface area contributed by atoms with Crippen LogP contribution < -0.4 is 0 Å². The van der Waals surface area contributed by atoms with Crippen LogP contribution >= 0.6 is 15.2 Å². The zero-order chi connectivity index (χ0) is 30.7. The Bertz CT molecular complexity index is 1420. The van der Waals surface area contributed by atoms with E-state index in [1.807, 2.05) is 0 Å². The number of nitrogens with zero attached hydrogens (tertiary/aromatic N) is 2. The van der Waals surface area contributed by atoms with Gasteiger partial charge in [-0.15, -0.1) is 3.89 Å². The van der Waals surface area contributed by atoms with Gasteiger partial charge in [0.25, 0.3) is 11.4 Å². The van der Waals surface area contributed by atoms with Crippen LogP contribution in [-0.2, 0) is 47.3 Å². The van der Waals surface area contributed by atoms with Gasteiger partial charge in [-0.3, -0.25) is 29.4 Å². The first-order valence-electron chi connectivity index (χ1n) is 9.83. The largest absolute Gasteiger partial charge is 0.345 e. The van der Waals surface area contributed by atoms with E-state index in [0.717, 1.165) is 62.8 Å². The molecule has 220 valence electrons. The van der Waals surface area contributed by atoms with Crippen molar-refractivity contribution in [2.75, 3.05) is 40.6 Å². The molecule has 0 bridgehead atoms. The minimum absolute atomic E-state index is 0.188. The van der Waals surface area contributed by atoms with E-state index in [0.29, 0.717) is 0 Å². The highest BCUT2D eigenvalue weighted by Gasteiger charge is 2.31. The lowest BCUT2D eigenvalue weighted by Crippen LogP contribution is -2.09. The fourth-order valence-corrected chi connectivity index (χ4v) is 6.46. The first kappa shape index (κ1) is 36.4. The van der Waals surface area contributed by atoms with E-state index in [4.69, 9.17) is 0 Å². The van der Waals surface area contributed by atoms with Gasteiger partial charge >= 0.3 is 25.4 Å². The van der Waals surface area contributed by atoms with Crippen molar-refractivity contribution >= 4 is 46.6 Å². The standard InChI is InChI=1S/C9H12NO7PS.C6H4FNO4S.C3H9O3P/c1-16-18(13,17-2)7-19(14,15)9-5-3-8(4-6-9)10(11)12;7-13(11,12)6-3-1-5(2-4-6)8(9)10;1-5-7(3,4)6-2/h3-6H,7H2,1-2H3;1-4H;1-3H3. The fourth-order valence-electron chi connectivity index (χ4n) is 2.04. The highest BCUT2D eigenvalue weighted by Crippen LogP contribution is 2.48. The van der Waals surface area contributed by atoms with Crippen molar-refractivity contribution in [3.05, 3.63) is 68.8 Å². The Labute approximate surface area is 223 Å². The maximum absolute atomic E-state index is 12.3. The van der Waals surface area contributed by atoms with Gasteiger partial charge in [0, 0.05) is 59.4 Å². The van der Waals surface area contributed by atoms with E-state index in [1.54, 1.807) is 0 Å². The number of non-ortho nitro benzene ring substituents is 2. The molecule has 2 aromatic rings. The zero-order valence-electron chi connectivity index (χ0n) is 21.0. The molecule has 0 aliphatic rings. The number of nitro benzene ring substituents is 2. The van der Waals surface area contributed by atoms with Crippen molar-refractivity contribution in [2.24, 2.45) is 0 Å². The Morgan fingerprint density at radius 2 is 1.05 bits per heavy atom. The van der Waals surface area contributed by atoms with Gasteiger partial charge in [0.1, 0.15) is 0 Å². The Kier molecular flexibility index (Phi) is 14.2. The molecule has 2 aromatic carbocycles. The highest BCUT2D eigenvalue weighted by molar-refractivity contribution is 7.97. The quantitative estimate of drug-likeness (QED) is 0.154. The second-order valence-electron chi connectivity index (χ2n) is 6.80. The SMILES string of the molecule is COP(=O)(CS(=O)(=O)c1ccc([N+](=O)[O-])cc1)OC.COP(C)(=O)OC.O=[N+]([O-])c1ccc(S(=O)(=O)F)cc1. The summed E-state index contributed by atoms with van der Waals surface area (Å²) in [5.74, 6) is 0. The van der Waals surface area contributed by atoms with Crippen molar-refractivity contribution in [3.63, 3.8) is 0 Å². The van der Waals surface area contributed by atoms with Crippen LogP contribution in [0, 0.1) is 20.2 Å². The molecule has 21 heteroatoms. The summed E-state index contributed by atoms with van der Waals surface area (Å²) in [7, 11) is -10.2. The number of hydrogen-bond donors (Lipinski definition) is 0. The molecular weight excluding hydrogens is 613 g/mol. The second-order valence-corrected chi connectivity index (χ2v) is 15.1. The molecule has 2 rings (SSSR count). The molecule has 0 saturated carbocycles. The number of rotatable bonds is 10. The molecule has 0 aliphatic heterocycles. The van der Waals surface area contributed by atoms with Gasteiger partial charge in [-0.05, 0) is 24.3 Å². The molecule has 0 unspecified atom stereocenters. The third-order valence-corrected chi connectivity index (χ3v) is 11.2. The highest BCUT2D eigenvalue weighted by atomic mass is 32.3. The zero-order valence-corrected chi connectivity index (χ0v) is 24.4. The van der Waals surface area contributed by atoms with Crippen LogP contribution in [0.25, 0.3) is 0 Å². The van der Waals surface area contributed by atoms with E-state index >= 15 is 0 Å². The van der Waals surface area contributed by atoms with Crippen molar-refractivity contribution in [1.29, 1.82) is 0 Å². The average Bonchev–Trinajstić information content (AvgIpc) is 2.88. The third kappa shape index (κ3) is 12.8. The number of benzene rings is 2. The minimum atomic E-state index is -4.77. The average molecular weight is 638 g/mol. The first-order valence-corrected chi connectivity index (χ1v) is 16.6. The lowest BCUT2D eigenvalue weighted by Gasteiger charge is -2.13. The predicted molar refractivity (Wildman–Crippen MR) is 136 cm³/mol. The molecule has 39 heavy (non-hydrogen) atoms. The lowest BCUT2D eigenvalue weighted by atomic mass is 10.3. The van der Waals surface area contributed by atoms with Crippen LogP contribution in [0.4, 0.5) is 15.3 Å². The van der Waals surface area contributed by atoms with Gasteiger partial charge in [0.15, 0.2) is 15.3 Å². The molecule has 0 aliphatic carbocycles. The molecule has 0 atom stereocenters. The van der Waals surface area contributed by atoms with Crippen molar-refractivity contribution in [3.8, 4) is 0 Å². The van der Waals surface area contributed by atoms with Gasteiger partial charge in [-0.25, -0.2) is 8.42 Å². The molecule has 0 spiro atoms. The summed E-state index contributed by atoms with van der Waals surface area (Å²) in [5, 5.41) is 20.6. The van der Waals surface area contributed by atoms with E-state index in [-0.39, 0.29) is 16.3 Å². The lowest BCUT2D eigenvalue weighted by molar-refractivity contribution is -0.385. The number of nitro groups is 2. The van der Waals surface area contributed by atoms with Crippen LogP contribution in [0.5, 0.6) is 0 Å². The van der Waals surface area contributed by atoms with E-state index in [2.05, 4.69) is 18.1 Å². The Morgan fingerprint density at radius 3 is 1.28 bits per heavy atom. The van der Waals surface area contributed by atoms with Gasteiger partial charge in [0.2, 0.25) is 0 Å². The summed E-state index contributed by atoms with van der Waals surface area (Å²) in [4.78, 5) is 18.5. The molecule has 16 nitrogen and oxygen atoms in total. The van der Waals surface area contributed by atoms with Gasteiger partial charge in [0.05, 0.1) is 19.6 Å². The second kappa shape index (κ2) is 15.2. The molecule has 0 saturated heterocycles.